The van der Waals surface area contributed by atoms with Crippen LogP contribution in [-0.2, 0) is 0 Å². The van der Waals surface area contributed by atoms with Crippen molar-refractivity contribution in [1.82, 2.24) is 10.9 Å². The monoisotopic (exact) mass is 473 g/mol. The Balaban J connectivity index is 2.29. The van der Waals surface area contributed by atoms with Crippen molar-refractivity contribution < 1.29 is 0 Å². The van der Waals surface area contributed by atoms with Gasteiger partial charge in [-0.2, -0.15) is 0 Å². The summed E-state index contributed by atoms with van der Waals surface area (Å²) in [7, 11) is 0. The number of hydrogen-bond donors (Lipinski definition) is 2. The Kier molecular flexibility index (Phi) is 15.3. The van der Waals surface area contributed by atoms with Gasteiger partial charge >= 0.3 is 0 Å². The summed E-state index contributed by atoms with van der Waals surface area (Å²) < 4.78 is 1.28. The van der Waals surface area contributed by atoms with Crippen LogP contribution in [-0.4, -0.2) is 13.1 Å². The zero-order chi connectivity index (χ0) is 18.9. The Morgan fingerprint density at radius 1 is 0.654 bits per heavy atom. The summed E-state index contributed by atoms with van der Waals surface area (Å²) in [6.07, 6.45) is 16.0. The Bertz CT molecular complexity index is 404. The molecule has 2 N–H and O–H groups in total. The lowest BCUT2D eigenvalue weighted by atomic mass is 10.1. The van der Waals surface area contributed by atoms with Crippen molar-refractivity contribution in [3.8, 4) is 0 Å². The van der Waals surface area contributed by atoms with Gasteiger partial charge in [0.15, 0.2) is 0 Å². The number of unbranched alkanes of at least 4 members (excludes halogenated alkanes) is 10. The minimum absolute atomic E-state index is 1.03. The number of nitrogens with one attached hydrogen (secondary N) is 2. The predicted octanol–water partition coefficient (Wildman–Crippen LogP) is 6.83. The van der Waals surface area contributed by atoms with Gasteiger partial charge in [-0.15, -0.1) is 0 Å². The fraction of sp³-hybridized carbons (Fsp3) is 0.727. The fourth-order valence-electron chi connectivity index (χ4n) is 3.02. The molecule has 0 aromatic heterocycles. The Labute approximate surface area is 175 Å². The van der Waals surface area contributed by atoms with Crippen LogP contribution >= 0.6 is 22.6 Å². The van der Waals surface area contributed by atoms with E-state index < -0.39 is 0 Å². The van der Waals surface area contributed by atoms with E-state index in [1.807, 2.05) is 0 Å². The molecule has 0 aliphatic heterocycles. The maximum atomic E-state index is 3.58. The van der Waals surface area contributed by atoms with Gasteiger partial charge in [-0.25, -0.2) is 16.0 Å². The molecular weight excluding hydrogens is 433 g/mol. The molecule has 0 fully saturated rings. The van der Waals surface area contributed by atoms with E-state index in [0.29, 0.717) is 0 Å². The topological polar surface area (TPSA) is 27.3 Å². The molecule has 4 heteroatoms. The fourth-order valence-corrected chi connectivity index (χ4v) is 3.38. The molecule has 0 saturated carbocycles. The van der Waals surface area contributed by atoms with Crippen molar-refractivity contribution >= 4 is 28.3 Å². The molecular formula is C22H40IN3. The highest BCUT2D eigenvalue weighted by atomic mass is 127. The van der Waals surface area contributed by atoms with E-state index in [9.17, 15) is 0 Å². The molecule has 0 unspecified atom stereocenters. The highest BCUT2D eigenvalue weighted by Crippen LogP contribution is 2.14. The number of hydrogen-bond acceptors (Lipinski definition) is 3. The van der Waals surface area contributed by atoms with Crippen LogP contribution < -0.4 is 16.0 Å². The zero-order valence-corrected chi connectivity index (χ0v) is 19.2. The molecule has 1 aromatic rings. The van der Waals surface area contributed by atoms with E-state index in [0.717, 1.165) is 13.1 Å². The molecule has 0 atom stereocenters. The molecule has 1 aromatic carbocycles. The minimum Gasteiger partial charge on any atom is -0.242 e. The second-order valence-corrected chi connectivity index (χ2v) is 8.41. The quantitative estimate of drug-likeness (QED) is 0.148. The maximum Gasteiger partial charge on any atom is 0.0702 e. The molecule has 26 heavy (non-hydrogen) atoms. The summed E-state index contributed by atoms with van der Waals surface area (Å²) in [6, 6.07) is 8.71. The second-order valence-electron chi connectivity index (χ2n) is 7.16. The summed E-state index contributed by atoms with van der Waals surface area (Å²) in [6.45, 7) is 6.61. The molecule has 0 spiro atoms. The minimum atomic E-state index is 1.03. The van der Waals surface area contributed by atoms with Crippen LogP contribution in [0.25, 0.3) is 0 Å². The molecule has 0 amide bonds. The Morgan fingerprint density at radius 3 is 1.54 bits per heavy atom. The standard InChI is InChI=1S/C22H40IN3/c1-3-5-7-9-11-13-19-24-26(22-17-15-21(23)16-18-22)25-20-14-12-10-8-6-4-2/h15-18,24-25H,3-14,19-20H2,1-2H3. The van der Waals surface area contributed by atoms with Crippen molar-refractivity contribution in [2.75, 3.05) is 18.2 Å². The van der Waals surface area contributed by atoms with Crippen LogP contribution in [0.15, 0.2) is 24.3 Å². The molecule has 3 nitrogen and oxygen atoms in total. The van der Waals surface area contributed by atoms with Crippen molar-refractivity contribution in [3.05, 3.63) is 27.8 Å². The van der Waals surface area contributed by atoms with Gasteiger partial charge in [0.25, 0.3) is 0 Å². The molecule has 0 radical (unpaired) electrons. The largest absolute Gasteiger partial charge is 0.242 e. The molecule has 150 valence electrons. The first-order valence-electron chi connectivity index (χ1n) is 10.8. The van der Waals surface area contributed by atoms with Crippen LogP contribution in [0.2, 0.25) is 0 Å². The van der Waals surface area contributed by atoms with Crippen LogP contribution in [0, 0.1) is 3.57 Å². The van der Waals surface area contributed by atoms with Gasteiger partial charge in [-0.1, -0.05) is 78.1 Å². The Morgan fingerprint density at radius 2 is 1.08 bits per heavy atom. The number of nitrogens with zero attached hydrogens (tertiary/aromatic N) is 1. The van der Waals surface area contributed by atoms with Crippen LogP contribution in [0.1, 0.15) is 90.9 Å². The van der Waals surface area contributed by atoms with Gasteiger partial charge in [0.1, 0.15) is 0 Å². The highest BCUT2D eigenvalue weighted by molar-refractivity contribution is 14.1. The number of halogens is 1. The number of benzene rings is 1. The summed E-state index contributed by atoms with van der Waals surface area (Å²) in [5, 5.41) is 2.13. The molecule has 0 heterocycles. The van der Waals surface area contributed by atoms with E-state index in [2.05, 4.69) is 76.7 Å². The average Bonchev–Trinajstić information content (AvgIpc) is 2.65. The lowest BCUT2D eigenvalue weighted by molar-refractivity contribution is 0.483. The van der Waals surface area contributed by atoms with Crippen LogP contribution in [0.5, 0.6) is 0 Å². The maximum absolute atomic E-state index is 3.58. The molecule has 0 aliphatic rings. The van der Waals surface area contributed by atoms with Crippen molar-refractivity contribution in [2.45, 2.75) is 90.9 Å². The van der Waals surface area contributed by atoms with Gasteiger partial charge in [0, 0.05) is 16.7 Å². The number of hydrazine groups is 2. The molecule has 0 bridgehead atoms. The lowest BCUT2D eigenvalue weighted by Gasteiger charge is -2.26. The molecule has 0 aliphatic carbocycles. The first-order chi connectivity index (χ1) is 12.8. The van der Waals surface area contributed by atoms with E-state index in [-0.39, 0.29) is 0 Å². The molecule has 0 saturated heterocycles. The van der Waals surface area contributed by atoms with E-state index >= 15 is 0 Å². The number of anilines is 1. The summed E-state index contributed by atoms with van der Waals surface area (Å²) in [5.74, 6) is 0. The van der Waals surface area contributed by atoms with E-state index in [4.69, 9.17) is 0 Å². The summed E-state index contributed by atoms with van der Waals surface area (Å²) >= 11 is 2.36. The third-order valence-corrected chi connectivity index (χ3v) is 5.40. The van der Waals surface area contributed by atoms with Gasteiger partial charge in [-0.05, 0) is 59.7 Å². The van der Waals surface area contributed by atoms with Crippen molar-refractivity contribution in [2.24, 2.45) is 0 Å². The first-order valence-corrected chi connectivity index (χ1v) is 11.9. The highest BCUT2D eigenvalue weighted by Gasteiger charge is 2.05. The smallest absolute Gasteiger partial charge is 0.0702 e. The normalized spacial score (nSPS) is 11.0. The van der Waals surface area contributed by atoms with Crippen molar-refractivity contribution in [3.63, 3.8) is 0 Å². The summed E-state index contributed by atoms with van der Waals surface area (Å²) in [4.78, 5) is 0. The van der Waals surface area contributed by atoms with Crippen molar-refractivity contribution in [1.29, 1.82) is 0 Å². The summed E-state index contributed by atoms with van der Waals surface area (Å²) in [5.41, 5.74) is 8.35. The predicted molar refractivity (Wildman–Crippen MR) is 124 cm³/mol. The zero-order valence-electron chi connectivity index (χ0n) is 17.0. The van der Waals surface area contributed by atoms with Gasteiger partial charge in [0.2, 0.25) is 0 Å². The average molecular weight is 473 g/mol. The third-order valence-electron chi connectivity index (χ3n) is 4.69. The third kappa shape index (κ3) is 12.1. The van der Waals surface area contributed by atoms with Crippen LogP contribution in [0.4, 0.5) is 5.69 Å². The van der Waals surface area contributed by atoms with Gasteiger partial charge in [-0.3, -0.25) is 0 Å². The van der Waals surface area contributed by atoms with Gasteiger partial charge in [0.05, 0.1) is 5.69 Å². The van der Waals surface area contributed by atoms with Gasteiger partial charge < -0.3 is 0 Å². The lowest BCUT2D eigenvalue weighted by Crippen LogP contribution is -2.49. The van der Waals surface area contributed by atoms with E-state index in [1.54, 1.807) is 0 Å². The van der Waals surface area contributed by atoms with E-state index in [1.165, 1.54) is 86.3 Å². The molecule has 1 rings (SSSR count). The Hall–Kier alpha value is -0.330. The number of rotatable bonds is 17. The SMILES string of the molecule is CCCCCCCCNN(NCCCCCCCC)c1ccc(I)cc1. The van der Waals surface area contributed by atoms with Crippen LogP contribution in [0.3, 0.4) is 0 Å². The second kappa shape index (κ2) is 16.8. The first kappa shape index (κ1) is 23.7.